The third-order valence-electron chi connectivity index (χ3n) is 4.58. The number of aromatic nitrogens is 1. The van der Waals surface area contributed by atoms with Gasteiger partial charge in [0, 0.05) is 43.0 Å². The minimum Gasteiger partial charge on any atom is -0.382 e. The van der Waals surface area contributed by atoms with Crippen LogP contribution >= 0.6 is 11.6 Å². The van der Waals surface area contributed by atoms with Gasteiger partial charge in [-0.05, 0) is 30.7 Å². The minimum absolute atomic E-state index is 0.0786. The van der Waals surface area contributed by atoms with Gasteiger partial charge in [0.15, 0.2) is 0 Å². The summed E-state index contributed by atoms with van der Waals surface area (Å²) in [7, 11) is 0. The Bertz CT molecular complexity index is 761. The lowest BCUT2D eigenvalue weighted by Gasteiger charge is -2.32. The van der Waals surface area contributed by atoms with E-state index in [4.69, 9.17) is 22.1 Å². The zero-order valence-electron chi connectivity index (χ0n) is 14.7. The normalized spacial score (nSPS) is 16.2. The Hall–Kier alpha value is -2.15. The van der Waals surface area contributed by atoms with Crippen molar-refractivity contribution in [3.8, 4) is 11.1 Å². The molecule has 26 heavy (non-hydrogen) atoms. The first-order valence-corrected chi connectivity index (χ1v) is 9.04. The van der Waals surface area contributed by atoms with Crippen molar-refractivity contribution in [3.05, 3.63) is 47.1 Å². The van der Waals surface area contributed by atoms with Gasteiger partial charge < -0.3 is 15.8 Å². The maximum Gasteiger partial charge on any atom is 0.251 e. The SMILES string of the molecule is CC(CNC(=O)c1ccc(-c2cnc(N)c(Cl)c2)cc1)N1CCOCC1. The Morgan fingerprint density at radius 1 is 1.31 bits per heavy atom. The monoisotopic (exact) mass is 374 g/mol. The van der Waals surface area contributed by atoms with Crippen LogP contribution in [-0.2, 0) is 4.74 Å². The molecule has 1 saturated heterocycles. The Morgan fingerprint density at radius 2 is 2.00 bits per heavy atom. The van der Waals surface area contributed by atoms with Crippen LogP contribution in [-0.4, -0.2) is 54.7 Å². The molecule has 6 nitrogen and oxygen atoms in total. The molecule has 0 bridgehead atoms. The van der Waals surface area contributed by atoms with Gasteiger partial charge in [-0.2, -0.15) is 0 Å². The summed E-state index contributed by atoms with van der Waals surface area (Å²) in [6.45, 7) is 6.05. The fraction of sp³-hybridized carbons (Fsp3) is 0.368. The molecule has 138 valence electrons. The van der Waals surface area contributed by atoms with Gasteiger partial charge in [-0.15, -0.1) is 0 Å². The molecule has 0 radical (unpaired) electrons. The van der Waals surface area contributed by atoms with Crippen molar-refractivity contribution in [1.29, 1.82) is 0 Å². The largest absolute Gasteiger partial charge is 0.382 e. The van der Waals surface area contributed by atoms with Gasteiger partial charge in [-0.1, -0.05) is 23.7 Å². The predicted octanol–water partition coefficient (Wildman–Crippen LogP) is 2.43. The first-order valence-electron chi connectivity index (χ1n) is 8.66. The second-order valence-corrected chi connectivity index (χ2v) is 6.78. The van der Waals surface area contributed by atoms with E-state index in [1.54, 1.807) is 24.4 Å². The van der Waals surface area contributed by atoms with Crippen LogP contribution in [0.3, 0.4) is 0 Å². The van der Waals surface area contributed by atoms with E-state index in [1.807, 2.05) is 12.1 Å². The summed E-state index contributed by atoms with van der Waals surface area (Å²) in [5.74, 6) is 0.228. The number of nitrogens with zero attached hydrogens (tertiary/aromatic N) is 2. The van der Waals surface area contributed by atoms with E-state index in [-0.39, 0.29) is 11.9 Å². The number of amides is 1. The number of rotatable bonds is 5. The number of morpholine rings is 1. The zero-order chi connectivity index (χ0) is 18.5. The predicted molar refractivity (Wildman–Crippen MR) is 103 cm³/mol. The van der Waals surface area contributed by atoms with E-state index in [9.17, 15) is 4.79 Å². The molecule has 1 aromatic heterocycles. The van der Waals surface area contributed by atoms with E-state index in [0.717, 1.165) is 37.4 Å². The summed E-state index contributed by atoms with van der Waals surface area (Å²) >= 11 is 6.02. The summed E-state index contributed by atoms with van der Waals surface area (Å²) in [6.07, 6.45) is 1.67. The van der Waals surface area contributed by atoms with Crippen molar-refractivity contribution in [2.45, 2.75) is 13.0 Å². The molecule has 2 aromatic rings. The van der Waals surface area contributed by atoms with Crippen molar-refractivity contribution in [2.24, 2.45) is 0 Å². The van der Waals surface area contributed by atoms with E-state index in [2.05, 4.69) is 22.1 Å². The number of nitrogen functional groups attached to an aromatic ring is 1. The molecule has 7 heteroatoms. The number of ether oxygens (including phenoxy) is 1. The minimum atomic E-state index is -0.0786. The summed E-state index contributed by atoms with van der Waals surface area (Å²) in [5.41, 5.74) is 8.05. The number of hydrogen-bond donors (Lipinski definition) is 2. The molecule has 2 heterocycles. The molecule has 1 aromatic carbocycles. The number of anilines is 1. The van der Waals surface area contributed by atoms with Gasteiger partial charge in [-0.25, -0.2) is 4.98 Å². The Kier molecular flexibility index (Phi) is 6.08. The van der Waals surface area contributed by atoms with Gasteiger partial charge in [0.25, 0.3) is 5.91 Å². The molecular weight excluding hydrogens is 352 g/mol. The van der Waals surface area contributed by atoms with Gasteiger partial charge in [0.05, 0.1) is 18.2 Å². The number of pyridine rings is 1. The topological polar surface area (TPSA) is 80.5 Å². The van der Waals surface area contributed by atoms with Gasteiger partial charge in [0.2, 0.25) is 0 Å². The molecular formula is C19H23ClN4O2. The standard InChI is InChI=1S/C19H23ClN4O2/c1-13(24-6-8-26-9-7-24)11-23-19(25)15-4-2-14(3-5-15)16-10-17(20)18(21)22-12-16/h2-5,10,12-13H,6-9,11H2,1H3,(H2,21,22)(H,23,25). The first-order chi connectivity index (χ1) is 12.5. The average Bonchev–Trinajstić information content (AvgIpc) is 2.69. The second kappa shape index (κ2) is 8.49. The third-order valence-corrected chi connectivity index (χ3v) is 4.88. The van der Waals surface area contributed by atoms with Crippen molar-refractivity contribution >= 4 is 23.3 Å². The maximum absolute atomic E-state index is 12.4. The molecule has 1 unspecified atom stereocenters. The van der Waals surface area contributed by atoms with Gasteiger partial charge in [-0.3, -0.25) is 9.69 Å². The van der Waals surface area contributed by atoms with Crippen LogP contribution in [0.25, 0.3) is 11.1 Å². The van der Waals surface area contributed by atoms with Gasteiger partial charge in [0.1, 0.15) is 5.82 Å². The number of carbonyl (C=O) groups excluding carboxylic acids is 1. The van der Waals surface area contributed by atoms with Crippen molar-refractivity contribution < 1.29 is 9.53 Å². The summed E-state index contributed by atoms with van der Waals surface area (Å²) < 4.78 is 5.36. The number of nitrogens with two attached hydrogens (primary N) is 1. The number of benzene rings is 1. The summed E-state index contributed by atoms with van der Waals surface area (Å²) in [5, 5.41) is 3.42. The zero-order valence-corrected chi connectivity index (χ0v) is 15.5. The van der Waals surface area contributed by atoms with E-state index in [1.165, 1.54) is 0 Å². The van der Waals surface area contributed by atoms with Crippen LogP contribution in [0, 0.1) is 0 Å². The van der Waals surface area contributed by atoms with Gasteiger partial charge >= 0.3 is 0 Å². The molecule has 0 aliphatic carbocycles. The van der Waals surface area contributed by atoms with Crippen LogP contribution in [0.5, 0.6) is 0 Å². The molecule has 1 aliphatic heterocycles. The highest BCUT2D eigenvalue weighted by Crippen LogP contribution is 2.25. The maximum atomic E-state index is 12.4. The van der Waals surface area contributed by atoms with Crippen molar-refractivity contribution in [2.75, 3.05) is 38.6 Å². The lowest BCUT2D eigenvalue weighted by atomic mass is 10.1. The van der Waals surface area contributed by atoms with Crippen molar-refractivity contribution in [1.82, 2.24) is 15.2 Å². The fourth-order valence-corrected chi connectivity index (χ4v) is 3.08. The average molecular weight is 375 g/mol. The number of hydrogen-bond acceptors (Lipinski definition) is 5. The first kappa shape index (κ1) is 18.6. The third kappa shape index (κ3) is 4.52. The van der Waals surface area contributed by atoms with Crippen LogP contribution < -0.4 is 11.1 Å². The molecule has 1 aliphatic rings. The Morgan fingerprint density at radius 3 is 2.65 bits per heavy atom. The van der Waals surface area contributed by atoms with Crippen LogP contribution in [0.15, 0.2) is 36.5 Å². The second-order valence-electron chi connectivity index (χ2n) is 6.38. The number of carbonyl (C=O) groups is 1. The number of nitrogens with one attached hydrogen (secondary N) is 1. The smallest absolute Gasteiger partial charge is 0.251 e. The molecule has 3 N–H and O–H groups in total. The number of halogens is 1. The Balaban J connectivity index is 1.58. The highest BCUT2D eigenvalue weighted by atomic mass is 35.5. The molecule has 0 spiro atoms. The molecule has 3 rings (SSSR count). The van der Waals surface area contributed by atoms with Crippen LogP contribution in [0.1, 0.15) is 17.3 Å². The molecule has 1 atom stereocenters. The fourth-order valence-electron chi connectivity index (χ4n) is 2.91. The molecule has 1 fully saturated rings. The van der Waals surface area contributed by atoms with Crippen LogP contribution in [0.4, 0.5) is 5.82 Å². The Labute approximate surface area is 158 Å². The highest BCUT2D eigenvalue weighted by molar-refractivity contribution is 6.33. The van der Waals surface area contributed by atoms with E-state index >= 15 is 0 Å². The summed E-state index contributed by atoms with van der Waals surface area (Å²) in [6, 6.07) is 9.41. The quantitative estimate of drug-likeness (QED) is 0.840. The lowest BCUT2D eigenvalue weighted by Crippen LogP contribution is -2.47. The molecule has 1 amide bonds. The lowest BCUT2D eigenvalue weighted by molar-refractivity contribution is 0.0204. The molecule has 0 saturated carbocycles. The summed E-state index contributed by atoms with van der Waals surface area (Å²) in [4.78, 5) is 18.8. The van der Waals surface area contributed by atoms with E-state index < -0.39 is 0 Å². The highest BCUT2D eigenvalue weighted by Gasteiger charge is 2.17. The van der Waals surface area contributed by atoms with E-state index in [0.29, 0.717) is 22.9 Å². The van der Waals surface area contributed by atoms with Crippen molar-refractivity contribution in [3.63, 3.8) is 0 Å². The van der Waals surface area contributed by atoms with Crippen LogP contribution in [0.2, 0.25) is 5.02 Å².